The molecule has 158 valence electrons. The van der Waals surface area contributed by atoms with Crippen LogP contribution in [0.25, 0.3) is 0 Å². The summed E-state index contributed by atoms with van der Waals surface area (Å²) in [7, 11) is 3.37. The number of benzene rings is 2. The molecular weight excluding hydrogens is 388 g/mol. The van der Waals surface area contributed by atoms with Crippen molar-refractivity contribution >= 4 is 5.71 Å². The van der Waals surface area contributed by atoms with E-state index in [1.54, 1.807) is 26.6 Å². The standard InChI is InChI=1S/C26H26N2O3/c1-29-24-15-21-20-8-3-4-9-23(20)28-26(22(21)16-25(24)30-2)17-6-5-7-19(14-17)31-18-10-12-27-13-11-18/h5-7,10-16,20,23H,3-4,8-9H2,1-2H3. The van der Waals surface area contributed by atoms with E-state index in [1.807, 2.05) is 24.3 Å². The van der Waals surface area contributed by atoms with Gasteiger partial charge in [-0.25, -0.2) is 0 Å². The Bertz CT molecular complexity index is 1110. The SMILES string of the molecule is COc1cc2c(cc1OC)C1CCCCC1N=C2c1cccc(Oc2ccncc2)c1. The van der Waals surface area contributed by atoms with Crippen LogP contribution < -0.4 is 14.2 Å². The molecular formula is C26H26N2O3. The van der Waals surface area contributed by atoms with Crippen molar-refractivity contribution in [3.05, 3.63) is 77.6 Å². The predicted octanol–water partition coefficient (Wildman–Crippen LogP) is 5.77. The quantitative estimate of drug-likeness (QED) is 0.532. The Hall–Kier alpha value is -3.34. The van der Waals surface area contributed by atoms with Crippen LogP contribution in [0, 0.1) is 0 Å². The Labute approximate surface area is 182 Å². The second-order valence-electron chi connectivity index (χ2n) is 8.04. The van der Waals surface area contributed by atoms with Crippen molar-refractivity contribution in [2.75, 3.05) is 14.2 Å². The lowest BCUT2D eigenvalue weighted by atomic mass is 9.75. The zero-order valence-corrected chi connectivity index (χ0v) is 17.9. The topological polar surface area (TPSA) is 52.9 Å². The summed E-state index contributed by atoms with van der Waals surface area (Å²) >= 11 is 0. The first-order valence-corrected chi connectivity index (χ1v) is 10.8. The van der Waals surface area contributed by atoms with Gasteiger partial charge in [0.25, 0.3) is 0 Å². The molecule has 0 spiro atoms. The van der Waals surface area contributed by atoms with Gasteiger partial charge in [-0.15, -0.1) is 0 Å². The van der Waals surface area contributed by atoms with Gasteiger partial charge >= 0.3 is 0 Å². The molecule has 2 heterocycles. The van der Waals surface area contributed by atoms with E-state index in [4.69, 9.17) is 19.2 Å². The van der Waals surface area contributed by atoms with Gasteiger partial charge in [0.15, 0.2) is 11.5 Å². The van der Waals surface area contributed by atoms with E-state index in [0.29, 0.717) is 12.0 Å². The number of pyridine rings is 1. The van der Waals surface area contributed by atoms with Gasteiger partial charge in [-0.3, -0.25) is 9.98 Å². The molecule has 2 atom stereocenters. The fraction of sp³-hybridized carbons (Fsp3) is 0.308. The molecule has 1 fully saturated rings. The largest absolute Gasteiger partial charge is 0.493 e. The molecule has 5 nitrogen and oxygen atoms in total. The molecule has 1 aliphatic heterocycles. The third-order valence-electron chi connectivity index (χ3n) is 6.23. The lowest BCUT2D eigenvalue weighted by Gasteiger charge is -2.35. The maximum atomic E-state index is 6.05. The Morgan fingerprint density at radius 3 is 2.42 bits per heavy atom. The van der Waals surface area contributed by atoms with Gasteiger partial charge in [0.1, 0.15) is 11.5 Å². The van der Waals surface area contributed by atoms with Crippen molar-refractivity contribution in [1.82, 2.24) is 4.98 Å². The van der Waals surface area contributed by atoms with E-state index in [0.717, 1.165) is 52.7 Å². The summed E-state index contributed by atoms with van der Waals surface area (Å²) in [4.78, 5) is 9.30. The zero-order valence-electron chi connectivity index (χ0n) is 17.9. The van der Waals surface area contributed by atoms with Crippen molar-refractivity contribution in [2.45, 2.75) is 37.6 Å². The number of rotatable bonds is 5. The second kappa shape index (κ2) is 8.42. The monoisotopic (exact) mass is 414 g/mol. The van der Waals surface area contributed by atoms with Gasteiger partial charge in [0.2, 0.25) is 0 Å². The van der Waals surface area contributed by atoms with Gasteiger partial charge in [-0.2, -0.15) is 0 Å². The first kappa shape index (κ1) is 19.6. The number of hydrogen-bond acceptors (Lipinski definition) is 5. The molecule has 0 amide bonds. The van der Waals surface area contributed by atoms with E-state index in [9.17, 15) is 0 Å². The Kier molecular flexibility index (Phi) is 5.33. The number of methoxy groups -OCH3 is 2. The van der Waals surface area contributed by atoms with Gasteiger partial charge in [0.05, 0.1) is 26.0 Å². The summed E-state index contributed by atoms with van der Waals surface area (Å²) in [5.74, 6) is 3.48. The molecule has 1 saturated carbocycles. The van der Waals surface area contributed by atoms with Gasteiger partial charge in [-0.1, -0.05) is 25.0 Å². The van der Waals surface area contributed by atoms with E-state index >= 15 is 0 Å². The Morgan fingerprint density at radius 1 is 0.839 bits per heavy atom. The molecule has 2 unspecified atom stereocenters. The molecule has 0 radical (unpaired) electrons. The second-order valence-corrected chi connectivity index (χ2v) is 8.04. The molecule has 0 bridgehead atoms. The number of nitrogens with zero attached hydrogens (tertiary/aromatic N) is 2. The third-order valence-corrected chi connectivity index (χ3v) is 6.23. The fourth-order valence-corrected chi connectivity index (χ4v) is 4.75. The lowest BCUT2D eigenvalue weighted by Crippen LogP contribution is -2.29. The highest BCUT2D eigenvalue weighted by molar-refractivity contribution is 6.15. The van der Waals surface area contributed by atoms with Crippen LogP contribution in [-0.4, -0.2) is 31.0 Å². The van der Waals surface area contributed by atoms with Crippen molar-refractivity contribution in [1.29, 1.82) is 0 Å². The van der Waals surface area contributed by atoms with E-state index in [-0.39, 0.29) is 0 Å². The average molecular weight is 415 g/mol. The van der Waals surface area contributed by atoms with Crippen molar-refractivity contribution in [2.24, 2.45) is 4.99 Å². The number of aliphatic imine (C=N–C) groups is 1. The third kappa shape index (κ3) is 3.76. The maximum Gasteiger partial charge on any atom is 0.161 e. The van der Waals surface area contributed by atoms with Crippen LogP contribution in [-0.2, 0) is 0 Å². The van der Waals surface area contributed by atoms with E-state index in [1.165, 1.54) is 18.4 Å². The first-order chi connectivity index (χ1) is 15.3. The van der Waals surface area contributed by atoms with Crippen LogP contribution in [0.1, 0.15) is 48.3 Å². The van der Waals surface area contributed by atoms with Crippen LogP contribution in [0.15, 0.2) is 65.9 Å². The highest BCUT2D eigenvalue weighted by Crippen LogP contribution is 2.45. The van der Waals surface area contributed by atoms with Crippen LogP contribution in [0.5, 0.6) is 23.0 Å². The maximum absolute atomic E-state index is 6.05. The predicted molar refractivity (Wildman–Crippen MR) is 121 cm³/mol. The summed E-state index contributed by atoms with van der Waals surface area (Å²) in [6.07, 6.45) is 8.21. The minimum Gasteiger partial charge on any atom is -0.493 e. The fourth-order valence-electron chi connectivity index (χ4n) is 4.75. The van der Waals surface area contributed by atoms with Gasteiger partial charge < -0.3 is 14.2 Å². The van der Waals surface area contributed by atoms with Gasteiger partial charge in [0, 0.05) is 29.4 Å². The normalized spacial score (nSPS) is 19.6. The highest BCUT2D eigenvalue weighted by atomic mass is 16.5. The number of hydrogen-bond donors (Lipinski definition) is 0. The average Bonchev–Trinajstić information content (AvgIpc) is 2.83. The smallest absolute Gasteiger partial charge is 0.161 e. The first-order valence-electron chi connectivity index (χ1n) is 10.8. The summed E-state index contributed by atoms with van der Waals surface area (Å²) < 4.78 is 17.3. The van der Waals surface area contributed by atoms with Crippen molar-refractivity contribution in [3.63, 3.8) is 0 Å². The molecule has 31 heavy (non-hydrogen) atoms. The van der Waals surface area contributed by atoms with E-state index < -0.39 is 0 Å². The molecule has 3 aromatic rings. The molecule has 2 aromatic carbocycles. The summed E-state index contributed by atoms with van der Waals surface area (Å²) in [6.45, 7) is 0. The van der Waals surface area contributed by atoms with Crippen molar-refractivity contribution in [3.8, 4) is 23.0 Å². The summed E-state index contributed by atoms with van der Waals surface area (Å²) in [6, 6.07) is 16.4. The molecule has 5 heteroatoms. The Balaban J connectivity index is 1.59. The van der Waals surface area contributed by atoms with Crippen LogP contribution in [0.3, 0.4) is 0 Å². The highest BCUT2D eigenvalue weighted by Gasteiger charge is 2.34. The summed E-state index contributed by atoms with van der Waals surface area (Å²) in [5, 5.41) is 0. The molecule has 1 aliphatic carbocycles. The molecule has 2 aliphatic rings. The number of ether oxygens (including phenoxy) is 3. The van der Waals surface area contributed by atoms with Gasteiger partial charge in [-0.05, 0) is 54.8 Å². The van der Waals surface area contributed by atoms with Crippen molar-refractivity contribution < 1.29 is 14.2 Å². The van der Waals surface area contributed by atoms with Crippen LogP contribution >= 0.6 is 0 Å². The zero-order chi connectivity index (χ0) is 21.2. The van der Waals surface area contributed by atoms with Crippen LogP contribution in [0.2, 0.25) is 0 Å². The molecule has 0 N–H and O–H groups in total. The van der Waals surface area contributed by atoms with E-state index in [2.05, 4.69) is 29.2 Å². The minimum absolute atomic E-state index is 0.305. The molecule has 5 rings (SSSR count). The number of fused-ring (bicyclic) bond motifs is 3. The molecule has 0 saturated heterocycles. The summed E-state index contributed by atoms with van der Waals surface area (Å²) in [5.41, 5.74) is 4.48. The van der Waals surface area contributed by atoms with Crippen LogP contribution in [0.4, 0.5) is 0 Å². The molecule has 1 aromatic heterocycles. The Morgan fingerprint density at radius 2 is 1.61 bits per heavy atom. The minimum atomic E-state index is 0.305. The lowest BCUT2D eigenvalue weighted by molar-refractivity contribution is 0.349. The number of aromatic nitrogens is 1.